The van der Waals surface area contributed by atoms with Crippen LogP contribution < -0.4 is 15.0 Å². The molecular weight excluding hydrogens is 498 g/mol. The summed E-state index contributed by atoms with van der Waals surface area (Å²) in [5.41, 5.74) is 3.36. The Morgan fingerprint density at radius 1 is 1.03 bits per heavy atom. The molecule has 0 fully saturated rings. The molecule has 2 aliphatic heterocycles. The minimum absolute atomic E-state index is 0.0597. The van der Waals surface area contributed by atoms with Gasteiger partial charge in [0.2, 0.25) is 5.91 Å². The second-order valence-electron chi connectivity index (χ2n) is 9.83. The molecule has 2 aliphatic rings. The number of hydrogen-bond acceptors (Lipinski definition) is 6. The smallest absolute Gasteiger partial charge is 0.271 e. The Balaban J connectivity index is 1.50. The zero-order valence-electron chi connectivity index (χ0n) is 22.7. The van der Waals surface area contributed by atoms with Crippen LogP contribution >= 0.6 is 0 Å². The summed E-state index contributed by atoms with van der Waals surface area (Å²) in [5, 5.41) is 2.49. The van der Waals surface area contributed by atoms with Crippen molar-refractivity contribution < 1.29 is 23.9 Å². The standard InChI is InChI=1S/C29H33N5O5/c1-18(28(37)32(6)13-12-31(4)5)30-27(36)19(2)34-17-24-22(8-7-9-23(24)29(34)38)21-10-11-25-26(16-21)39-15-14-33(25)20(3)35/h7-11,16H,1-2,12-15,17H2,3-6H3,(H,30,36). The van der Waals surface area contributed by atoms with Crippen LogP contribution in [0.3, 0.4) is 0 Å². The lowest BCUT2D eigenvalue weighted by Gasteiger charge is -2.29. The molecule has 4 amide bonds. The topological polar surface area (TPSA) is 102 Å². The third kappa shape index (κ3) is 5.56. The number of carbonyl (C=O) groups excluding carboxylic acids is 4. The van der Waals surface area contributed by atoms with Gasteiger partial charge in [0.15, 0.2) is 0 Å². The summed E-state index contributed by atoms with van der Waals surface area (Å²) in [6, 6.07) is 11.0. The first-order chi connectivity index (χ1) is 18.5. The van der Waals surface area contributed by atoms with Gasteiger partial charge in [-0.2, -0.15) is 0 Å². The van der Waals surface area contributed by atoms with Crippen molar-refractivity contribution in [2.45, 2.75) is 13.5 Å². The Labute approximate surface area is 228 Å². The summed E-state index contributed by atoms with van der Waals surface area (Å²) in [6.45, 7) is 11.2. The molecule has 1 N–H and O–H groups in total. The molecule has 0 saturated carbocycles. The van der Waals surface area contributed by atoms with Crippen molar-refractivity contribution in [3.05, 3.63) is 72.1 Å². The lowest BCUT2D eigenvalue weighted by atomic mass is 9.96. The van der Waals surface area contributed by atoms with Crippen molar-refractivity contribution in [2.24, 2.45) is 0 Å². The van der Waals surface area contributed by atoms with Crippen LogP contribution in [0.4, 0.5) is 5.69 Å². The van der Waals surface area contributed by atoms with E-state index in [1.807, 2.05) is 43.3 Å². The molecule has 2 aromatic rings. The van der Waals surface area contributed by atoms with Crippen LogP contribution in [0.5, 0.6) is 5.75 Å². The highest BCUT2D eigenvalue weighted by Gasteiger charge is 2.34. The molecule has 204 valence electrons. The second-order valence-corrected chi connectivity index (χ2v) is 9.83. The van der Waals surface area contributed by atoms with E-state index in [1.54, 1.807) is 24.1 Å². The quantitative estimate of drug-likeness (QED) is 0.524. The highest BCUT2D eigenvalue weighted by molar-refractivity contribution is 6.08. The van der Waals surface area contributed by atoms with Crippen molar-refractivity contribution in [3.8, 4) is 16.9 Å². The highest BCUT2D eigenvalue weighted by atomic mass is 16.5. The van der Waals surface area contributed by atoms with Gasteiger partial charge in [0.05, 0.1) is 24.5 Å². The van der Waals surface area contributed by atoms with Gasteiger partial charge in [-0.25, -0.2) is 0 Å². The summed E-state index contributed by atoms with van der Waals surface area (Å²) in [5.74, 6) is -0.923. The normalized spacial score (nSPS) is 13.9. The van der Waals surface area contributed by atoms with Crippen LogP contribution in [0.2, 0.25) is 0 Å². The average Bonchev–Trinajstić information content (AvgIpc) is 3.26. The molecule has 10 nitrogen and oxygen atoms in total. The summed E-state index contributed by atoms with van der Waals surface area (Å²) in [6.07, 6.45) is 0. The number of ether oxygens (including phenoxy) is 1. The van der Waals surface area contributed by atoms with Crippen molar-refractivity contribution in [2.75, 3.05) is 52.3 Å². The maximum absolute atomic E-state index is 13.3. The summed E-state index contributed by atoms with van der Waals surface area (Å²) in [4.78, 5) is 57.2. The molecule has 0 aromatic heterocycles. The Bertz CT molecular complexity index is 1380. The summed E-state index contributed by atoms with van der Waals surface area (Å²) in [7, 11) is 5.43. The van der Waals surface area contributed by atoms with Crippen molar-refractivity contribution in [1.29, 1.82) is 0 Å². The van der Waals surface area contributed by atoms with E-state index >= 15 is 0 Å². The van der Waals surface area contributed by atoms with E-state index in [1.165, 1.54) is 16.7 Å². The number of rotatable bonds is 8. The van der Waals surface area contributed by atoms with E-state index in [-0.39, 0.29) is 29.8 Å². The van der Waals surface area contributed by atoms with Gasteiger partial charge in [0.1, 0.15) is 18.1 Å². The zero-order chi connectivity index (χ0) is 28.4. The number of fused-ring (bicyclic) bond motifs is 2. The van der Waals surface area contributed by atoms with Crippen molar-refractivity contribution in [1.82, 2.24) is 20.0 Å². The second kappa shape index (κ2) is 11.1. The Kier molecular flexibility index (Phi) is 7.87. The molecule has 39 heavy (non-hydrogen) atoms. The lowest BCUT2D eigenvalue weighted by molar-refractivity contribution is -0.128. The first-order valence-corrected chi connectivity index (χ1v) is 12.6. The van der Waals surface area contributed by atoms with E-state index < -0.39 is 11.8 Å². The molecule has 0 atom stereocenters. The van der Waals surface area contributed by atoms with Gasteiger partial charge in [0, 0.05) is 32.6 Å². The van der Waals surface area contributed by atoms with Gasteiger partial charge in [-0.15, -0.1) is 0 Å². The van der Waals surface area contributed by atoms with E-state index in [4.69, 9.17) is 4.74 Å². The fourth-order valence-corrected chi connectivity index (χ4v) is 4.60. The average molecular weight is 532 g/mol. The summed E-state index contributed by atoms with van der Waals surface area (Å²) < 4.78 is 5.82. The molecule has 0 radical (unpaired) electrons. The van der Waals surface area contributed by atoms with E-state index in [2.05, 4.69) is 18.5 Å². The van der Waals surface area contributed by atoms with Crippen LogP contribution in [0.15, 0.2) is 61.0 Å². The number of nitrogens with zero attached hydrogens (tertiary/aromatic N) is 4. The van der Waals surface area contributed by atoms with E-state index in [0.29, 0.717) is 43.2 Å². The Morgan fingerprint density at radius 2 is 1.74 bits per heavy atom. The lowest BCUT2D eigenvalue weighted by Crippen LogP contribution is -2.41. The molecule has 10 heteroatoms. The number of anilines is 1. The maximum atomic E-state index is 13.3. The molecule has 2 heterocycles. The molecule has 0 unspecified atom stereocenters. The number of nitrogens with one attached hydrogen (secondary N) is 1. The van der Waals surface area contributed by atoms with E-state index in [0.717, 1.165) is 16.7 Å². The first kappa shape index (κ1) is 27.6. The fraction of sp³-hybridized carbons (Fsp3) is 0.310. The van der Waals surface area contributed by atoms with Crippen LogP contribution in [0.1, 0.15) is 22.8 Å². The maximum Gasteiger partial charge on any atom is 0.271 e. The predicted molar refractivity (Wildman–Crippen MR) is 148 cm³/mol. The van der Waals surface area contributed by atoms with Gasteiger partial charge in [0.25, 0.3) is 17.7 Å². The number of carbonyl (C=O) groups is 4. The third-order valence-corrected chi connectivity index (χ3v) is 6.82. The third-order valence-electron chi connectivity index (χ3n) is 6.82. The van der Waals surface area contributed by atoms with Crippen LogP contribution in [0.25, 0.3) is 11.1 Å². The van der Waals surface area contributed by atoms with Crippen LogP contribution in [-0.4, -0.2) is 85.7 Å². The van der Waals surface area contributed by atoms with Crippen molar-refractivity contribution >= 4 is 29.3 Å². The predicted octanol–water partition coefficient (Wildman–Crippen LogP) is 2.22. The molecule has 0 aliphatic carbocycles. The molecule has 2 aromatic carbocycles. The Hall–Kier alpha value is -4.44. The van der Waals surface area contributed by atoms with Crippen LogP contribution in [0, 0.1) is 0 Å². The molecular formula is C29H33N5O5. The largest absolute Gasteiger partial charge is 0.490 e. The minimum Gasteiger partial charge on any atom is -0.490 e. The summed E-state index contributed by atoms with van der Waals surface area (Å²) >= 11 is 0. The van der Waals surface area contributed by atoms with Gasteiger partial charge in [-0.3, -0.25) is 24.1 Å². The van der Waals surface area contributed by atoms with E-state index in [9.17, 15) is 19.2 Å². The fourth-order valence-electron chi connectivity index (χ4n) is 4.60. The Morgan fingerprint density at radius 3 is 2.44 bits per heavy atom. The first-order valence-electron chi connectivity index (χ1n) is 12.6. The minimum atomic E-state index is -0.677. The molecule has 0 saturated heterocycles. The van der Waals surface area contributed by atoms with Crippen molar-refractivity contribution in [3.63, 3.8) is 0 Å². The van der Waals surface area contributed by atoms with Gasteiger partial charge in [-0.1, -0.05) is 31.4 Å². The van der Waals surface area contributed by atoms with Gasteiger partial charge < -0.3 is 24.8 Å². The van der Waals surface area contributed by atoms with Gasteiger partial charge in [-0.05, 0) is 49.0 Å². The monoisotopic (exact) mass is 531 g/mol. The number of likely N-dealkylation sites (N-methyl/N-ethyl adjacent to an activating group) is 2. The molecule has 4 rings (SSSR count). The van der Waals surface area contributed by atoms with Crippen LogP contribution in [-0.2, 0) is 20.9 Å². The zero-order valence-corrected chi connectivity index (χ0v) is 22.7. The number of benzene rings is 2. The highest BCUT2D eigenvalue weighted by Crippen LogP contribution is 2.39. The molecule has 0 spiro atoms. The van der Waals surface area contributed by atoms with Gasteiger partial charge >= 0.3 is 0 Å². The SMILES string of the molecule is C=C(NC(=O)C(=C)N1Cc2c(cccc2-c2ccc3c(c2)OCCN3C(C)=O)C1=O)C(=O)N(C)CCN(C)C. The number of amides is 4. The molecule has 0 bridgehead atoms. The number of hydrogen-bond donors (Lipinski definition) is 1.